The van der Waals surface area contributed by atoms with Crippen molar-refractivity contribution in [2.24, 2.45) is 13.0 Å². The number of aromatic nitrogens is 2. The fraction of sp³-hybridized carbons (Fsp3) is 0.444. The van der Waals surface area contributed by atoms with Crippen LogP contribution in [0.4, 0.5) is 13.2 Å². The molecule has 1 aromatic heterocycles. The summed E-state index contributed by atoms with van der Waals surface area (Å²) in [4.78, 5) is 14.4. The first kappa shape index (κ1) is 22.0. The van der Waals surface area contributed by atoms with Crippen LogP contribution in [0.25, 0.3) is 0 Å². The van der Waals surface area contributed by atoms with Crippen molar-refractivity contribution >= 4 is 18.3 Å². The number of halogens is 4. The largest absolute Gasteiger partial charge is 0.573 e. The molecule has 2 aromatic rings. The summed E-state index contributed by atoms with van der Waals surface area (Å²) in [6, 6.07) is 5.85. The molecule has 154 valence electrons. The van der Waals surface area contributed by atoms with Crippen LogP contribution in [0.1, 0.15) is 17.0 Å². The standard InChI is InChI=1S/C18H21F3N4O2.ClH/c1-24(10-12-5-3-4-6-16(12)27-18(19,20)21)17(26)15-9-22-8-14(15)13-7-23-25(2)11-13;/h3-7,11,14-15,22H,8-10H2,1-2H3;1H/t14-,15+;/m1./s1. The van der Waals surface area contributed by atoms with Crippen molar-refractivity contribution in [2.75, 3.05) is 20.1 Å². The summed E-state index contributed by atoms with van der Waals surface area (Å²) in [5, 5.41) is 7.37. The van der Waals surface area contributed by atoms with Gasteiger partial charge in [0.1, 0.15) is 5.75 Å². The van der Waals surface area contributed by atoms with Crippen molar-refractivity contribution in [3.05, 3.63) is 47.8 Å². The summed E-state index contributed by atoms with van der Waals surface area (Å²) in [7, 11) is 3.40. The number of ether oxygens (including phenoxy) is 1. The lowest BCUT2D eigenvalue weighted by molar-refractivity contribution is -0.275. The molecule has 1 saturated heterocycles. The van der Waals surface area contributed by atoms with Crippen molar-refractivity contribution in [3.63, 3.8) is 0 Å². The molecule has 2 atom stereocenters. The lowest BCUT2D eigenvalue weighted by Crippen LogP contribution is -2.36. The number of carbonyl (C=O) groups excluding carboxylic acids is 1. The predicted octanol–water partition coefficient (Wildman–Crippen LogP) is 2.70. The average molecular weight is 419 g/mol. The Kier molecular flexibility index (Phi) is 6.95. The molecule has 2 heterocycles. The molecule has 1 aliphatic heterocycles. The quantitative estimate of drug-likeness (QED) is 0.811. The van der Waals surface area contributed by atoms with E-state index in [1.54, 1.807) is 24.0 Å². The maximum atomic E-state index is 12.9. The smallest absolute Gasteiger partial charge is 0.405 e. The molecule has 0 spiro atoms. The number of rotatable bonds is 5. The summed E-state index contributed by atoms with van der Waals surface area (Å²) >= 11 is 0. The van der Waals surface area contributed by atoms with E-state index in [1.807, 2.05) is 13.2 Å². The van der Waals surface area contributed by atoms with Crippen molar-refractivity contribution in [3.8, 4) is 5.75 Å². The second-order valence-corrected chi connectivity index (χ2v) is 6.67. The Balaban J connectivity index is 0.00000280. The number of carbonyl (C=O) groups is 1. The van der Waals surface area contributed by atoms with Crippen LogP contribution in [0.15, 0.2) is 36.7 Å². The average Bonchev–Trinajstić information content (AvgIpc) is 3.23. The van der Waals surface area contributed by atoms with Crippen LogP contribution in [-0.4, -0.2) is 47.1 Å². The second-order valence-electron chi connectivity index (χ2n) is 6.67. The highest BCUT2D eigenvalue weighted by molar-refractivity contribution is 5.85. The molecule has 0 bridgehead atoms. The number of nitrogens with zero attached hydrogens (tertiary/aromatic N) is 3. The van der Waals surface area contributed by atoms with E-state index in [0.717, 1.165) is 5.56 Å². The highest BCUT2D eigenvalue weighted by Crippen LogP contribution is 2.31. The van der Waals surface area contributed by atoms with Gasteiger partial charge in [0.15, 0.2) is 0 Å². The zero-order valence-electron chi connectivity index (χ0n) is 15.4. The minimum Gasteiger partial charge on any atom is -0.405 e. The zero-order valence-corrected chi connectivity index (χ0v) is 16.3. The highest BCUT2D eigenvalue weighted by atomic mass is 35.5. The van der Waals surface area contributed by atoms with Crippen molar-refractivity contribution in [1.29, 1.82) is 0 Å². The van der Waals surface area contributed by atoms with Crippen molar-refractivity contribution in [1.82, 2.24) is 20.0 Å². The molecular formula is C18H22ClF3N4O2. The number of hydrogen-bond donors (Lipinski definition) is 1. The van der Waals surface area contributed by atoms with E-state index < -0.39 is 6.36 Å². The highest BCUT2D eigenvalue weighted by Gasteiger charge is 2.37. The van der Waals surface area contributed by atoms with Gasteiger partial charge in [-0.1, -0.05) is 18.2 Å². The molecule has 0 saturated carbocycles. The predicted molar refractivity (Wildman–Crippen MR) is 99.2 cm³/mol. The molecule has 1 amide bonds. The van der Waals surface area contributed by atoms with Crippen LogP contribution in [0, 0.1) is 5.92 Å². The fourth-order valence-corrected chi connectivity index (χ4v) is 3.40. The number of nitrogens with one attached hydrogen (secondary N) is 1. The number of alkyl halides is 3. The van der Waals surface area contributed by atoms with Gasteiger partial charge in [-0.2, -0.15) is 5.10 Å². The van der Waals surface area contributed by atoms with Gasteiger partial charge in [-0.05, 0) is 11.6 Å². The van der Waals surface area contributed by atoms with E-state index >= 15 is 0 Å². The van der Waals surface area contributed by atoms with Gasteiger partial charge in [-0.25, -0.2) is 0 Å². The number of hydrogen-bond acceptors (Lipinski definition) is 4. The Morgan fingerprint density at radius 3 is 2.71 bits per heavy atom. The SMILES string of the molecule is CN(Cc1ccccc1OC(F)(F)F)C(=O)[C@H]1CNC[C@@H]1c1cnn(C)c1.Cl. The lowest BCUT2D eigenvalue weighted by atomic mass is 9.90. The van der Waals surface area contributed by atoms with Gasteiger partial charge in [0.2, 0.25) is 5.91 Å². The van der Waals surface area contributed by atoms with Crippen molar-refractivity contribution < 1.29 is 22.7 Å². The first-order chi connectivity index (χ1) is 12.7. The van der Waals surface area contributed by atoms with E-state index in [4.69, 9.17) is 0 Å². The Labute approximate surface area is 167 Å². The first-order valence-electron chi connectivity index (χ1n) is 8.52. The normalized spacial score (nSPS) is 19.2. The van der Waals surface area contributed by atoms with E-state index in [-0.39, 0.29) is 42.4 Å². The zero-order chi connectivity index (χ0) is 19.6. The summed E-state index contributed by atoms with van der Waals surface area (Å²) in [5.74, 6) is -0.737. The molecule has 3 rings (SSSR count). The van der Waals surface area contributed by atoms with E-state index in [0.29, 0.717) is 18.7 Å². The Hall–Kier alpha value is -2.26. The van der Waals surface area contributed by atoms with E-state index in [2.05, 4.69) is 15.2 Å². The Morgan fingerprint density at radius 1 is 1.36 bits per heavy atom. The van der Waals surface area contributed by atoms with Crippen molar-refractivity contribution in [2.45, 2.75) is 18.8 Å². The number of para-hydroxylation sites is 1. The summed E-state index contributed by atoms with van der Waals surface area (Å²) < 4.78 is 43.5. The molecule has 28 heavy (non-hydrogen) atoms. The lowest BCUT2D eigenvalue weighted by Gasteiger charge is -2.25. The van der Waals surface area contributed by atoms with Gasteiger partial charge in [-0.3, -0.25) is 9.48 Å². The number of aryl methyl sites for hydroxylation is 1. The van der Waals surface area contributed by atoms with Crippen LogP contribution in [-0.2, 0) is 18.4 Å². The third-order valence-electron chi connectivity index (χ3n) is 4.67. The maximum absolute atomic E-state index is 12.9. The molecule has 0 unspecified atom stereocenters. The minimum absolute atomic E-state index is 0. The molecule has 0 radical (unpaired) electrons. The molecule has 6 nitrogen and oxygen atoms in total. The van der Waals surface area contributed by atoms with Gasteiger partial charge in [0, 0.05) is 51.4 Å². The van der Waals surface area contributed by atoms with Crippen LogP contribution in [0.3, 0.4) is 0 Å². The number of benzene rings is 1. The van der Waals surface area contributed by atoms with Gasteiger partial charge >= 0.3 is 6.36 Å². The third kappa shape index (κ3) is 5.17. The molecule has 1 fully saturated rings. The summed E-state index contributed by atoms with van der Waals surface area (Å²) in [5.41, 5.74) is 1.27. The molecular weight excluding hydrogens is 397 g/mol. The van der Waals surface area contributed by atoms with Crippen LogP contribution >= 0.6 is 12.4 Å². The van der Waals surface area contributed by atoms with Gasteiger partial charge < -0.3 is 15.0 Å². The number of amides is 1. The molecule has 1 N–H and O–H groups in total. The van der Waals surface area contributed by atoms with Crippen LogP contribution < -0.4 is 10.1 Å². The molecule has 1 aromatic carbocycles. The molecule has 1 aliphatic rings. The van der Waals surface area contributed by atoms with Gasteiger partial charge in [-0.15, -0.1) is 25.6 Å². The molecule has 0 aliphatic carbocycles. The Bertz CT molecular complexity index is 812. The fourth-order valence-electron chi connectivity index (χ4n) is 3.40. The monoisotopic (exact) mass is 418 g/mol. The summed E-state index contributed by atoms with van der Waals surface area (Å²) in [6.45, 7) is 1.20. The first-order valence-corrected chi connectivity index (χ1v) is 8.52. The molecule has 10 heteroatoms. The van der Waals surface area contributed by atoms with Gasteiger partial charge in [0.25, 0.3) is 0 Å². The summed E-state index contributed by atoms with van der Waals surface area (Å²) in [6.07, 6.45) is -1.16. The van der Waals surface area contributed by atoms with Gasteiger partial charge in [0.05, 0.1) is 12.1 Å². The van der Waals surface area contributed by atoms with Crippen LogP contribution in [0.2, 0.25) is 0 Å². The van der Waals surface area contributed by atoms with Crippen LogP contribution in [0.5, 0.6) is 5.75 Å². The Morgan fingerprint density at radius 2 is 2.07 bits per heavy atom. The van der Waals surface area contributed by atoms with E-state index in [1.165, 1.54) is 23.1 Å². The third-order valence-corrected chi connectivity index (χ3v) is 4.67. The minimum atomic E-state index is -4.78. The van der Waals surface area contributed by atoms with E-state index in [9.17, 15) is 18.0 Å². The topological polar surface area (TPSA) is 59.4 Å². The second kappa shape index (κ2) is 8.83. The maximum Gasteiger partial charge on any atom is 0.573 e.